The van der Waals surface area contributed by atoms with Crippen LogP contribution in [0.5, 0.6) is 0 Å². The van der Waals surface area contributed by atoms with Crippen molar-refractivity contribution in [1.82, 2.24) is 14.5 Å². The van der Waals surface area contributed by atoms with Crippen molar-refractivity contribution >= 4 is 22.8 Å². The fraction of sp³-hybridized carbons (Fsp3) is 0.571. The number of unbranched alkanes of at least 4 members (excludes halogenated alkanes) is 1. The van der Waals surface area contributed by atoms with Gasteiger partial charge in [0.25, 0.3) is 0 Å². The summed E-state index contributed by atoms with van der Waals surface area (Å²) >= 11 is 0. The molecule has 1 saturated heterocycles. The predicted molar refractivity (Wildman–Crippen MR) is 106 cm³/mol. The molecule has 1 fully saturated rings. The highest BCUT2D eigenvalue weighted by Crippen LogP contribution is 2.33. The number of carbonyl (C=O) groups is 2. The maximum absolute atomic E-state index is 13.0. The number of piperidine rings is 1. The zero-order valence-corrected chi connectivity index (χ0v) is 16.5. The fourth-order valence-electron chi connectivity index (χ4n) is 4.28. The number of carbonyl (C=O) groups excluding carboxylic acids is 2. The molecule has 2 heterocycles. The Hall–Kier alpha value is -2.37. The third-order valence-electron chi connectivity index (χ3n) is 5.64. The molecule has 0 saturated carbocycles. The minimum atomic E-state index is -0.630. The normalized spacial score (nSPS) is 18.7. The molecular formula is C21H29N3O3. The summed E-state index contributed by atoms with van der Waals surface area (Å²) in [7, 11) is 1.78. The van der Waals surface area contributed by atoms with Crippen LogP contribution in [0.1, 0.15) is 76.3 Å². The molecule has 27 heavy (non-hydrogen) atoms. The van der Waals surface area contributed by atoms with Gasteiger partial charge in [-0.3, -0.25) is 24.0 Å². The molecule has 6 nitrogen and oxygen atoms in total. The summed E-state index contributed by atoms with van der Waals surface area (Å²) in [4.78, 5) is 36.9. The molecule has 0 bridgehead atoms. The molecule has 2 amide bonds. The minimum absolute atomic E-state index is 0.197. The molecule has 2 aromatic rings. The maximum atomic E-state index is 13.0. The maximum Gasteiger partial charge on any atom is 0.329 e. The van der Waals surface area contributed by atoms with E-state index in [1.165, 1.54) is 5.56 Å². The smallest absolute Gasteiger partial charge is 0.295 e. The van der Waals surface area contributed by atoms with E-state index < -0.39 is 6.04 Å². The lowest BCUT2D eigenvalue weighted by atomic mass is 9.88. The van der Waals surface area contributed by atoms with Gasteiger partial charge in [0.2, 0.25) is 11.8 Å². The van der Waals surface area contributed by atoms with E-state index in [9.17, 15) is 14.4 Å². The second-order valence-electron chi connectivity index (χ2n) is 7.52. The summed E-state index contributed by atoms with van der Waals surface area (Å²) in [5, 5.41) is 2.37. The first-order valence-electron chi connectivity index (χ1n) is 10.0. The Morgan fingerprint density at radius 2 is 1.93 bits per heavy atom. The first-order chi connectivity index (χ1) is 13.0. The summed E-state index contributed by atoms with van der Waals surface area (Å²) in [6.45, 7) is 4.38. The van der Waals surface area contributed by atoms with Crippen molar-refractivity contribution in [3.63, 3.8) is 0 Å². The molecular weight excluding hydrogens is 342 g/mol. The largest absolute Gasteiger partial charge is 0.329 e. The minimum Gasteiger partial charge on any atom is -0.295 e. The molecule has 1 aliphatic heterocycles. The van der Waals surface area contributed by atoms with Crippen LogP contribution >= 0.6 is 0 Å². The molecule has 6 heteroatoms. The van der Waals surface area contributed by atoms with Gasteiger partial charge in [-0.25, -0.2) is 4.79 Å². The number of amides is 2. The van der Waals surface area contributed by atoms with Crippen molar-refractivity contribution in [3.05, 3.63) is 34.2 Å². The number of nitrogens with one attached hydrogen (secondary N) is 1. The summed E-state index contributed by atoms with van der Waals surface area (Å²) < 4.78 is 3.24. The van der Waals surface area contributed by atoms with Crippen LogP contribution in [0.25, 0.3) is 11.0 Å². The summed E-state index contributed by atoms with van der Waals surface area (Å²) in [5.74, 6) is -0.253. The van der Waals surface area contributed by atoms with Crippen molar-refractivity contribution in [1.29, 1.82) is 0 Å². The SMILES string of the molecule is CCCCC(CCC)c1cccc2c1n(C)c(=O)n2C1CCC(=O)NC1=O. The van der Waals surface area contributed by atoms with Gasteiger partial charge in [0.05, 0.1) is 11.0 Å². The first-order valence-corrected chi connectivity index (χ1v) is 10.0. The van der Waals surface area contributed by atoms with E-state index in [-0.39, 0.29) is 23.9 Å². The van der Waals surface area contributed by atoms with Gasteiger partial charge in [-0.05, 0) is 36.8 Å². The average molecular weight is 371 g/mol. The van der Waals surface area contributed by atoms with E-state index in [0.29, 0.717) is 12.3 Å². The van der Waals surface area contributed by atoms with Gasteiger partial charge in [-0.2, -0.15) is 0 Å². The Morgan fingerprint density at radius 3 is 2.59 bits per heavy atom. The van der Waals surface area contributed by atoms with Crippen molar-refractivity contribution < 1.29 is 9.59 Å². The van der Waals surface area contributed by atoms with Crippen LogP contribution in [-0.2, 0) is 16.6 Å². The Bertz CT molecular complexity index is 909. The lowest BCUT2D eigenvalue weighted by molar-refractivity contribution is -0.135. The topological polar surface area (TPSA) is 73.1 Å². The van der Waals surface area contributed by atoms with Crippen LogP contribution in [0, 0.1) is 0 Å². The Balaban J connectivity index is 2.13. The summed E-state index contributed by atoms with van der Waals surface area (Å²) in [6, 6.07) is 5.38. The Labute approximate surface area is 159 Å². The number of rotatable bonds is 7. The molecule has 0 radical (unpaired) electrons. The van der Waals surface area contributed by atoms with E-state index in [1.807, 2.05) is 12.1 Å². The van der Waals surface area contributed by atoms with Gasteiger partial charge >= 0.3 is 5.69 Å². The zero-order chi connectivity index (χ0) is 19.6. The van der Waals surface area contributed by atoms with Crippen LogP contribution in [0.2, 0.25) is 0 Å². The predicted octanol–water partition coefficient (Wildman–Crippen LogP) is 3.39. The van der Waals surface area contributed by atoms with Gasteiger partial charge in [0.1, 0.15) is 6.04 Å². The molecule has 2 unspecified atom stereocenters. The second kappa shape index (κ2) is 8.11. The van der Waals surface area contributed by atoms with Gasteiger partial charge in [0, 0.05) is 13.5 Å². The third-order valence-corrected chi connectivity index (χ3v) is 5.64. The Kier molecular flexibility index (Phi) is 5.82. The second-order valence-corrected chi connectivity index (χ2v) is 7.52. The fourth-order valence-corrected chi connectivity index (χ4v) is 4.28. The van der Waals surface area contributed by atoms with E-state index in [0.717, 1.165) is 43.1 Å². The lowest BCUT2D eigenvalue weighted by Crippen LogP contribution is -2.44. The number of benzene rings is 1. The molecule has 0 spiro atoms. The number of nitrogens with zero attached hydrogens (tertiary/aromatic N) is 2. The number of hydrogen-bond donors (Lipinski definition) is 1. The molecule has 3 rings (SSSR count). The van der Waals surface area contributed by atoms with E-state index in [1.54, 1.807) is 16.2 Å². The number of para-hydroxylation sites is 1. The van der Waals surface area contributed by atoms with Crippen LogP contribution in [0.4, 0.5) is 0 Å². The van der Waals surface area contributed by atoms with Crippen molar-refractivity contribution in [2.45, 2.75) is 70.8 Å². The monoisotopic (exact) mass is 371 g/mol. The van der Waals surface area contributed by atoms with E-state index in [2.05, 4.69) is 25.2 Å². The number of fused-ring (bicyclic) bond motifs is 1. The molecule has 1 N–H and O–H groups in total. The van der Waals surface area contributed by atoms with Gasteiger partial charge in [-0.1, -0.05) is 45.2 Å². The van der Waals surface area contributed by atoms with Crippen molar-refractivity contribution in [2.24, 2.45) is 7.05 Å². The highest BCUT2D eigenvalue weighted by atomic mass is 16.2. The van der Waals surface area contributed by atoms with Crippen molar-refractivity contribution in [3.8, 4) is 0 Å². The average Bonchev–Trinajstić information content (AvgIpc) is 2.90. The van der Waals surface area contributed by atoms with Crippen LogP contribution in [0.3, 0.4) is 0 Å². The Morgan fingerprint density at radius 1 is 1.15 bits per heavy atom. The number of imidazole rings is 1. The molecule has 146 valence electrons. The number of aromatic nitrogens is 2. The molecule has 1 aromatic carbocycles. The van der Waals surface area contributed by atoms with Gasteiger partial charge in [-0.15, -0.1) is 0 Å². The van der Waals surface area contributed by atoms with E-state index >= 15 is 0 Å². The third kappa shape index (κ3) is 3.57. The number of imide groups is 1. The van der Waals surface area contributed by atoms with Crippen LogP contribution in [0.15, 0.2) is 23.0 Å². The first kappa shape index (κ1) is 19.4. The highest BCUT2D eigenvalue weighted by Gasteiger charge is 2.32. The highest BCUT2D eigenvalue weighted by molar-refractivity contribution is 6.00. The quantitative estimate of drug-likeness (QED) is 0.758. The number of hydrogen-bond acceptors (Lipinski definition) is 3. The molecule has 1 aromatic heterocycles. The molecule has 2 atom stereocenters. The summed E-state index contributed by atoms with van der Waals surface area (Å²) in [6.07, 6.45) is 6.19. The van der Waals surface area contributed by atoms with Crippen molar-refractivity contribution in [2.75, 3.05) is 0 Å². The number of aryl methyl sites for hydroxylation is 1. The lowest BCUT2D eigenvalue weighted by Gasteiger charge is -2.22. The van der Waals surface area contributed by atoms with Gasteiger partial charge in [0.15, 0.2) is 0 Å². The van der Waals surface area contributed by atoms with E-state index in [4.69, 9.17) is 0 Å². The molecule has 0 aliphatic carbocycles. The summed E-state index contributed by atoms with van der Waals surface area (Å²) in [5.41, 5.74) is 2.69. The van der Waals surface area contributed by atoms with Gasteiger partial charge < -0.3 is 0 Å². The van der Waals surface area contributed by atoms with Crippen LogP contribution < -0.4 is 11.0 Å². The molecule has 1 aliphatic rings. The van der Waals surface area contributed by atoms with Crippen LogP contribution in [-0.4, -0.2) is 20.9 Å². The zero-order valence-electron chi connectivity index (χ0n) is 16.5. The standard InChI is InChI=1S/C21H29N3O3/c1-4-6-9-14(8-5-2)15-10-7-11-16-19(15)23(3)21(27)24(16)17-12-13-18(25)22-20(17)26/h7,10-11,14,17H,4-6,8-9,12-13H2,1-3H3,(H,22,25,26).